The SMILES string of the molecule is CNC(c1ccc2c(c1)CC(=O)N2C)c1ccc(C)o1. The van der Waals surface area contributed by atoms with E-state index in [0.29, 0.717) is 6.42 Å². The molecule has 0 saturated carbocycles. The molecule has 1 atom stereocenters. The first kappa shape index (κ1) is 12.9. The fourth-order valence-electron chi connectivity index (χ4n) is 2.75. The zero-order valence-corrected chi connectivity index (χ0v) is 11.9. The summed E-state index contributed by atoms with van der Waals surface area (Å²) in [6.07, 6.45) is 0.479. The van der Waals surface area contributed by atoms with Gasteiger partial charge in [0.1, 0.15) is 11.5 Å². The van der Waals surface area contributed by atoms with E-state index in [9.17, 15) is 4.79 Å². The molecule has 1 aromatic carbocycles. The molecular formula is C16H18N2O2. The van der Waals surface area contributed by atoms with Gasteiger partial charge in [0.2, 0.25) is 5.91 Å². The molecule has 0 aliphatic carbocycles. The summed E-state index contributed by atoms with van der Waals surface area (Å²) in [6, 6.07) is 10.1. The lowest BCUT2D eigenvalue weighted by molar-refractivity contribution is -0.117. The van der Waals surface area contributed by atoms with Crippen LogP contribution in [0.15, 0.2) is 34.7 Å². The highest BCUT2D eigenvalue weighted by molar-refractivity contribution is 6.00. The van der Waals surface area contributed by atoms with Gasteiger partial charge in [-0.2, -0.15) is 0 Å². The summed E-state index contributed by atoms with van der Waals surface area (Å²) >= 11 is 0. The molecule has 1 aromatic heterocycles. The molecule has 0 saturated heterocycles. The van der Waals surface area contributed by atoms with Crippen LogP contribution < -0.4 is 10.2 Å². The van der Waals surface area contributed by atoms with Crippen molar-refractivity contribution in [1.82, 2.24) is 5.32 Å². The zero-order valence-electron chi connectivity index (χ0n) is 11.9. The predicted octanol–water partition coefficient (Wildman–Crippen LogP) is 2.42. The molecule has 4 heteroatoms. The molecule has 3 rings (SSSR count). The molecule has 1 aliphatic rings. The number of anilines is 1. The Morgan fingerprint density at radius 1 is 1.30 bits per heavy atom. The number of nitrogens with one attached hydrogen (secondary N) is 1. The lowest BCUT2D eigenvalue weighted by Gasteiger charge is -2.16. The number of aryl methyl sites for hydroxylation is 1. The largest absolute Gasteiger partial charge is 0.464 e. The maximum absolute atomic E-state index is 11.7. The summed E-state index contributed by atoms with van der Waals surface area (Å²) in [5, 5.41) is 3.27. The Morgan fingerprint density at radius 2 is 2.10 bits per heavy atom. The van der Waals surface area contributed by atoms with Crippen LogP contribution in [0.3, 0.4) is 0 Å². The van der Waals surface area contributed by atoms with Crippen LogP contribution in [0, 0.1) is 6.92 Å². The highest BCUT2D eigenvalue weighted by Gasteiger charge is 2.25. The number of furan rings is 1. The molecule has 0 bridgehead atoms. The highest BCUT2D eigenvalue weighted by Crippen LogP contribution is 2.32. The Kier molecular flexibility index (Phi) is 3.10. The average Bonchev–Trinajstić information content (AvgIpc) is 2.96. The molecule has 20 heavy (non-hydrogen) atoms. The van der Waals surface area contributed by atoms with Crippen molar-refractivity contribution in [2.24, 2.45) is 0 Å². The van der Waals surface area contributed by atoms with Gasteiger partial charge in [0.25, 0.3) is 0 Å². The van der Waals surface area contributed by atoms with Crippen LogP contribution in [0.4, 0.5) is 5.69 Å². The van der Waals surface area contributed by atoms with Crippen molar-refractivity contribution in [3.05, 3.63) is 53.0 Å². The normalized spacial score (nSPS) is 15.6. The first-order chi connectivity index (χ1) is 9.60. The van der Waals surface area contributed by atoms with Crippen LogP contribution >= 0.6 is 0 Å². The Labute approximate surface area is 118 Å². The van der Waals surface area contributed by atoms with E-state index in [1.807, 2.05) is 45.3 Å². The quantitative estimate of drug-likeness (QED) is 0.931. The predicted molar refractivity (Wildman–Crippen MR) is 77.9 cm³/mol. The van der Waals surface area contributed by atoms with E-state index in [1.165, 1.54) is 0 Å². The third-order valence-electron chi connectivity index (χ3n) is 3.85. The van der Waals surface area contributed by atoms with Crippen LogP contribution in [-0.2, 0) is 11.2 Å². The van der Waals surface area contributed by atoms with Crippen molar-refractivity contribution in [2.75, 3.05) is 19.0 Å². The fraction of sp³-hybridized carbons (Fsp3) is 0.312. The van der Waals surface area contributed by atoms with E-state index < -0.39 is 0 Å². The summed E-state index contributed by atoms with van der Waals surface area (Å²) in [5.74, 6) is 1.94. The van der Waals surface area contributed by atoms with Gasteiger partial charge in [-0.05, 0) is 43.3 Å². The van der Waals surface area contributed by atoms with Gasteiger partial charge in [-0.15, -0.1) is 0 Å². The van der Waals surface area contributed by atoms with Gasteiger partial charge in [-0.1, -0.05) is 12.1 Å². The second-order valence-corrected chi connectivity index (χ2v) is 5.19. The summed E-state index contributed by atoms with van der Waals surface area (Å²) in [7, 11) is 3.73. The number of amides is 1. The third-order valence-corrected chi connectivity index (χ3v) is 3.85. The molecule has 1 N–H and O–H groups in total. The maximum atomic E-state index is 11.7. The van der Waals surface area contributed by atoms with Crippen molar-refractivity contribution in [3.8, 4) is 0 Å². The zero-order chi connectivity index (χ0) is 14.3. The smallest absolute Gasteiger partial charge is 0.231 e. The molecule has 0 fully saturated rings. The van der Waals surface area contributed by atoms with Gasteiger partial charge in [-0.25, -0.2) is 0 Å². The number of benzene rings is 1. The summed E-state index contributed by atoms with van der Waals surface area (Å²) in [5.41, 5.74) is 3.20. The van der Waals surface area contributed by atoms with Crippen molar-refractivity contribution < 1.29 is 9.21 Å². The molecule has 1 aliphatic heterocycles. The molecule has 1 unspecified atom stereocenters. The Bertz CT molecular complexity index is 660. The lowest BCUT2D eigenvalue weighted by atomic mass is 10.0. The van der Waals surface area contributed by atoms with Crippen LogP contribution in [0.25, 0.3) is 0 Å². The van der Waals surface area contributed by atoms with E-state index in [2.05, 4.69) is 11.4 Å². The highest BCUT2D eigenvalue weighted by atomic mass is 16.3. The first-order valence-electron chi connectivity index (χ1n) is 6.73. The van der Waals surface area contributed by atoms with E-state index in [1.54, 1.807) is 4.90 Å². The second kappa shape index (κ2) is 4.80. The second-order valence-electron chi connectivity index (χ2n) is 5.19. The maximum Gasteiger partial charge on any atom is 0.231 e. The fourth-order valence-corrected chi connectivity index (χ4v) is 2.75. The molecule has 2 heterocycles. The van der Waals surface area contributed by atoms with Crippen LogP contribution in [-0.4, -0.2) is 20.0 Å². The summed E-state index contributed by atoms with van der Waals surface area (Å²) in [6.45, 7) is 1.94. The molecule has 4 nitrogen and oxygen atoms in total. The number of carbonyl (C=O) groups is 1. The Hall–Kier alpha value is -2.07. The molecule has 2 aromatic rings. The average molecular weight is 270 g/mol. The van der Waals surface area contributed by atoms with Crippen molar-refractivity contribution in [3.63, 3.8) is 0 Å². The number of rotatable bonds is 3. The minimum absolute atomic E-state index is 0.00927. The monoisotopic (exact) mass is 270 g/mol. The van der Waals surface area contributed by atoms with E-state index >= 15 is 0 Å². The molecule has 0 radical (unpaired) electrons. The molecule has 104 valence electrons. The molecule has 1 amide bonds. The number of nitrogens with zero attached hydrogens (tertiary/aromatic N) is 1. The summed E-state index contributed by atoms with van der Waals surface area (Å²) in [4.78, 5) is 13.5. The number of fused-ring (bicyclic) bond motifs is 1. The van der Waals surface area contributed by atoms with E-state index in [0.717, 1.165) is 28.3 Å². The van der Waals surface area contributed by atoms with Gasteiger partial charge in [-0.3, -0.25) is 4.79 Å². The third kappa shape index (κ3) is 2.02. The Balaban J connectivity index is 1.98. The van der Waals surface area contributed by atoms with Gasteiger partial charge < -0.3 is 14.6 Å². The number of hydrogen-bond donors (Lipinski definition) is 1. The van der Waals surface area contributed by atoms with E-state index in [-0.39, 0.29) is 11.9 Å². The van der Waals surface area contributed by atoms with Crippen LogP contribution in [0.2, 0.25) is 0 Å². The van der Waals surface area contributed by atoms with Crippen molar-refractivity contribution >= 4 is 11.6 Å². The molecular weight excluding hydrogens is 252 g/mol. The first-order valence-corrected chi connectivity index (χ1v) is 6.73. The van der Waals surface area contributed by atoms with Crippen LogP contribution in [0.1, 0.15) is 28.7 Å². The summed E-state index contributed by atoms with van der Waals surface area (Å²) < 4.78 is 5.71. The lowest BCUT2D eigenvalue weighted by Crippen LogP contribution is -2.20. The molecule has 0 spiro atoms. The van der Waals surface area contributed by atoms with Crippen LogP contribution in [0.5, 0.6) is 0 Å². The van der Waals surface area contributed by atoms with Gasteiger partial charge in [0.05, 0.1) is 12.5 Å². The Morgan fingerprint density at radius 3 is 2.75 bits per heavy atom. The standard InChI is InChI=1S/C16H18N2O2/c1-10-4-7-14(20-10)16(17-2)11-5-6-13-12(8-11)9-15(19)18(13)3/h4-8,16-17H,9H2,1-3H3. The number of carbonyl (C=O) groups excluding carboxylic acids is 1. The van der Waals surface area contributed by atoms with E-state index in [4.69, 9.17) is 4.42 Å². The minimum atomic E-state index is 0.00927. The van der Waals surface area contributed by atoms with Gasteiger partial charge in [0.15, 0.2) is 0 Å². The minimum Gasteiger partial charge on any atom is -0.464 e. The number of hydrogen-bond acceptors (Lipinski definition) is 3. The van der Waals surface area contributed by atoms with Gasteiger partial charge in [0, 0.05) is 12.7 Å². The van der Waals surface area contributed by atoms with Gasteiger partial charge >= 0.3 is 0 Å². The number of likely N-dealkylation sites (N-methyl/N-ethyl adjacent to an activating group) is 1. The van der Waals surface area contributed by atoms with Crippen molar-refractivity contribution in [1.29, 1.82) is 0 Å². The topological polar surface area (TPSA) is 45.5 Å². The van der Waals surface area contributed by atoms with Crippen molar-refractivity contribution in [2.45, 2.75) is 19.4 Å².